The number of hydrogen-bond donors (Lipinski definition) is 0. The molecule has 0 aliphatic heterocycles. The van der Waals surface area contributed by atoms with Crippen molar-refractivity contribution in [1.82, 2.24) is 4.90 Å². The molecule has 0 aromatic carbocycles. The molecule has 0 bridgehead atoms. The Labute approximate surface area is 79.2 Å². The first-order valence-electron chi connectivity index (χ1n) is 4.80. The molecule has 0 unspecified atom stereocenters. The second kappa shape index (κ2) is 4.42. The lowest BCUT2D eigenvalue weighted by molar-refractivity contribution is 0.238. The minimum Gasteiger partial charge on any atom is -0.292 e. The van der Waals surface area contributed by atoms with E-state index in [1.54, 1.807) is 0 Å². The van der Waals surface area contributed by atoms with Crippen molar-refractivity contribution >= 4 is 8.07 Å². The maximum atomic E-state index is 3.63. The lowest BCUT2D eigenvalue weighted by Gasteiger charge is -2.34. The Kier molecular flexibility index (Phi) is 4.49. The largest absolute Gasteiger partial charge is 0.292 e. The third kappa shape index (κ3) is 4.94. The van der Waals surface area contributed by atoms with E-state index in [0.29, 0.717) is 12.1 Å². The molecule has 0 spiro atoms. The molecule has 72 valence electrons. The summed E-state index contributed by atoms with van der Waals surface area (Å²) in [6, 6.07) is 1.16. The topological polar surface area (TPSA) is 3.24 Å². The maximum absolute atomic E-state index is 3.63. The van der Waals surface area contributed by atoms with E-state index in [1.165, 1.54) is 0 Å². The summed E-state index contributed by atoms with van der Waals surface area (Å²) in [5.41, 5.74) is 0. The van der Waals surface area contributed by atoms with Crippen molar-refractivity contribution in [3.63, 3.8) is 0 Å². The molecule has 0 saturated carbocycles. The van der Waals surface area contributed by atoms with Crippen LogP contribution in [0.1, 0.15) is 27.7 Å². The highest BCUT2D eigenvalue weighted by atomic mass is 28.3. The Morgan fingerprint density at radius 3 is 1.33 bits per heavy atom. The molecule has 0 amide bonds. The van der Waals surface area contributed by atoms with Gasteiger partial charge in [-0.15, -0.1) is 0 Å². The van der Waals surface area contributed by atoms with Crippen LogP contribution in [0.4, 0.5) is 0 Å². The fourth-order valence-corrected chi connectivity index (χ4v) is 2.53. The van der Waals surface area contributed by atoms with Crippen molar-refractivity contribution in [1.29, 1.82) is 0 Å². The van der Waals surface area contributed by atoms with Gasteiger partial charge >= 0.3 is 0 Å². The van der Waals surface area contributed by atoms with Crippen molar-refractivity contribution in [2.45, 2.75) is 59.4 Å². The number of nitrogens with zero attached hydrogens (tertiary/aromatic N) is 1. The van der Waals surface area contributed by atoms with Crippen LogP contribution in [0.3, 0.4) is 0 Å². The molecule has 0 heterocycles. The fourth-order valence-electron chi connectivity index (χ4n) is 1.24. The first-order valence-corrected chi connectivity index (χ1v) is 8.30. The first-order chi connectivity index (χ1) is 5.24. The molecular formula is C10H23NSi. The zero-order valence-electron chi connectivity index (χ0n) is 9.60. The normalized spacial score (nSPS) is 13.5. The molecule has 12 heavy (non-hydrogen) atoms. The monoisotopic (exact) mass is 185 g/mol. The van der Waals surface area contributed by atoms with Gasteiger partial charge < -0.3 is 0 Å². The summed E-state index contributed by atoms with van der Waals surface area (Å²) in [7, 11) is -1.17. The summed E-state index contributed by atoms with van der Waals surface area (Å²) in [4.78, 5) is 2.35. The van der Waals surface area contributed by atoms with Crippen LogP contribution >= 0.6 is 0 Å². The van der Waals surface area contributed by atoms with E-state index in [9.17, 15) is 0 Å². The molecule has 0 atom stereocenters. The third-order valence-corrected chi connectivity index (χ3v) is 2.51. The van der Waals surface area contributed by atoms with Crippen LogP contribution < -0.4 is 0 Å². The second-order valence-corrected chi connectivity index (χ2v) is 9.68. The second-order valence-electron chi connectivity index (χ2n) is 4.96. The number of hydrogen-bond acceptors (Lipinski definition) is 1. The molecule has 0 aliphatic carbocycles. The molecule has 0 saturated heterocycles. The standard InChI is InChI=1S/C10H23NSi/c1-9(2)11(10(3)4)8-12(5,6)7/h9-10H,1-7H3. The smallest absolute Gasteiger partial charge is 0.0719 e. The van der Waals surface area contributed by atoms with Gasteiger partial charge in [0.25, 0.3) is 0 Å². The predicted octanol–water partition coefficient (Wildman–Crippen LogP) is 3.02. The highest BCUT2D eigenvalue weighted by Crippen LogP contribution is 2.15. The van der Waals surface area contributed by atoms with Crippen LogP contribution in [0, 0.1) is 6.17 Å². The molecule has 0 fully saturated rings. The highest BCUT2D eigenvalue weighted by Gasteiger charge is 2.23. The summed E-state index contributed by atoms with van der Waals surface area (Å²) < 4.78 is 0. The summed E-state index contributed by atoms with van der Waals surface area (Å²) in [5.74, 6) is 0. The highest BCUT2D eigenvalue weighted by molar-refractivity contribution is 6.79. The maximum Gasteiger partial charge on any atom is 0.0719 e. The number of rotatable bonds is 4. The predicted molar refractivity (Wildman–Crippen MR) is 58.7 cm³/mol. The van der Waals surface area contributed by atoms with Crippen LogP contribution in [-0.4, -0.2) is 25.1 Å². The fraction of sp³-hybridized carbons (Fsp3) is 0.900. The van der Waals surface area contributed by atoms with Crippen LogP contribution in [0.5, 0.6) is 0 Å². The van der Waals surface area contributed by atoms with Crippen molar-refractivity contribution < 1.29 is 0 Å². The first kappa shape index (κ1) is 12.2. The van der Waals surface area contributed by atoms with E-state index in [4.69, 9.17) is 0 Å². The summed E-state index contributed by atoms with van der Waals surface area (Å²) in [6.45, 7) is 15.9. The van der Waals surface area contributed by atoms with Crippen molar-refractivity contribution in [2.24, 2.45) is 0 Å². The van der Waals surface area contributed by atoms with Gasteiger partial charge in [0.2, 0.25) is 0 Å². The molecule has 0 aromatic rings. The van der Waals surface area contributed by atoms with Gasteiger partial charge in [0.05, 0.1) is 8.07 Å². The van der Waals surface area contributed by atoms with E-state index in [-0.39, 0.29) is 0 Å². The van der Waals surface area contributed by atoms with E-state index in [1.807, 2.05) is 0 Å². The van der Waals surface area contributed by atoms with Crippen molar-refractivity contribution in [2.75, 3.05) is 0 Å². The van der Waals surface area contributed by atoms with Crippen molar-refractivity contribution in [3.05, 3.63) is 6.17 Å². The van der Waals surface area contributed by atoms with E-state index in [0.717, 1.165) is 0 Å². The summed E-state index contributed by atoms with van der Waals surface area (Å²) in [5, 5.41) is 0. The zero-order valence-corrected chi connectivity index (χ0v) is 10.6. The van der Waals surface area contributed by atoms with Crippen LogP contribution in [0.25, 0.3) is 0 Å². The minimum atomic E-state index is -1.17. The van der Waals surface area contributed by atoms with Gasteiger partial charge in [-0.3, -0.25) is 4.90 Å². The minimum absolute atomic E-state index is 0.580. The molecule has 0 aromatic heterocycles. The average molecular weight is 185 g/mol. The molecule has 0 N–H and O–H groups in total. The van der Waals surface area contributed by atoms with Crippen LogP contribution in [0.2, 0.25) is 19.6 Å². The third-order valence-electron chi connectivity index (χ3n) is 1.58. The average Bonchev–Trinajstić information content (AvgIpc) is 1.79. The van der Waals surface area contributed by atoms with E-state index >= 15 is 0 Å². The van der Waals surface area contributed by atoms with Crippen LogP contribution in [-0.2, 0) is 0 Å². The van der Waals surface area contributed by atoms with Gasteiger partial charge in [0, 0.05) is 18.3 Å². The van der Waals surface area contributed by atoms with Gasteiger partial charge in [-0.1, -0.05) is 19.6 Å². The Balaban J connectivity index is 4.15. The van der Waals surface area contributed by atoms with E-state index < -0.39 is 8.07 Å². The lowest BCUT2D eigenvalue weighted by atomic mass is 10.2. The van der Waals surface area contributed by atoms with Gasteiger partial charge in [0.1, 0.15) is 0 Å². The Morgan fingerprint density at radius 2 is 1.25 bits per heavy atom. The molecule has 2 heteroatoms. The quantitative estimate of drug-likeness (QED) is 0.481. The van der Waals surface area contributed by atoms with Gasteiger partial charge in [-0.05, 0) is 27.7 Å². The van der Waals surface area contributed by atoms with E-state index in [2.05, 4.69) is 58.4 Å². The Morgan fingerprint density at radius 1 is 0.917 bits per heavy atom. The summed E-state index contributed by atoms with van der Waals surface area (Å²) in [6.07, 6.45) is 3.63. The van der Waals surface area contributed by atoms with Crippen molar-refractivity contribution in [3.8, 4) is 0 Å². The van der Waals surface area contributed by atoms with Crippen LogP contribution in [0.15, 0.2) is 0 Å². The SMILES string of the molecule is CC(C)N([C][Si](C)(C)C)C(C)C. The summed E-state index contributed by atoms with van der Waals surface area (Å²) >= 11 is 0. The molecule has 0 rings (SSSR count). The lowest BCUT2D eigenvalue weighted by Crippen LogP contribution is -2.42. The van der Waals surface area contributed by atoms with Gasteiger partial charge in [0.15, 0.2) is 0 Å². The Bertz CT molecular complexity index is 116. The molecular weight excluding hydrogens is 162 g/mol. The van der Waals surface area contributed by atoms with Gasteiger partial charge in [-0.25, -0.2) is 0 Å². The Hall–Kier alpha value is 0.177. The van der Waals surface area contributed by atoms with Gasteiger partial charge in [-0.2, -0.15) is 0 Å². The molecule has 0 aliphatic rings. The molecule has 2 radical (unpaired) electrons. The zero-order chi connectivity index (χ0) is 9.94. The molecule has 1 nitrogen and oxygen atoms in total.